The van der Waals surface area contributed by atoms with E-state index in [1.165, 1.54) is 58.0 Å². The Morgan fingerprint density at radius 1 is 1.07 bits per heavy atom. The molecule has 1 heterocycles. The lowest BCUT2D eigenvalue weighted by molar-refractivity contribution is 0.216. The highest BCUT2D eigenvalue weighted by atomic mass is 15.2. The normalized spacial score (nSPS) is 30.6. The minimum Gasteiger partial charge on any atom is -0.313 e. The van der Waals surface area contributed by atoms with Crippen molar-refractivity contribution in [3.05, 3.63) is 0 Å². The van der Waals surface area contributed by atoms with Crippen LogP contribution in [0.25, 0.3) is 0 Å². The molecule has 2 heteroatoms. The van der Waals surface area contributed by atoms with Gasteiger partial charge in [-0.25, -0.2) is 0 Å². The van der Waals surface area contributed by atoms with Crippen LogP contribution < -0.4 is 5.32 Å². The van der Waals surface area contributed by atoms with Crippen LogP contribution in [0, 0.1) is 0 Å². The number of likely N-dealkylation sites (tertiary alicyclic amines) is 1. The number of likely N-dealkylation sites (N-methyl/N-ethyl adjacent to an activating group) is 1. The Kier molecular flexibility index (Phi) is 4.45. The maximum atomic E-state index is 3.59. The van der Waals surface area contributed by atoms with E-state index in [9.17, 15) is 0 Å². The zero-order valence-electron chi connectivity index (χ0n) is 10.2. The lowest BCUT2D eigenvalue weighted by Crippen LogP contribution is -2.37. The first-order valence-corrected chi connectivity index (χ1v) is 6.87. The van der Waals surface area contributed by atoms with Gasteiger partial charge in [-0.2, -0.15) is 0 Å². The Morgan fingerprint density at radius 2 is 1.80 bits per heavy atom. The average Bonchev–Trinajstić information content (AvgIpc) is 2.53. The quantitative estimate of drug-likeness (QED) is 0.720. The van der Waals surface area contributed by atoms with Crippen LogP contribution in [0.15, 0.2) is 0 Å². The Bertz CT molecular complexity index is 173. The van der Waals surface area contributed by atoms with Crippen LogP contribution in [-0.2, 0) is 0 Å². The van der Waals surface area contributed by atoms with Crippen molar-refractivity contribution in [1.82, 2.24) is 10.2 Å². The maximum absolute atomic E-state index is 3.59. The van der Waals surface area contributed by atoms with Gasteiger partial charge in [0.25, 0.3) is 0 Å². The van der Waals surface area contributed by atoms with Gasteiger partial charge in [-0.1, -0.05) is 32.6 Å². The molecule has 2 nitrogen and oxygen atoms in total. The predicted octanol–water partition coefficient (Wildman–Crippen LogP) is 2.39. The summed E-state index contributed by atoms with van der Waals surface area (Å²) in [5.74, 6) is 0. The largest absolute Gasteiger partial charge is 0.313 e. The molecule has 0 spiro atoms. The van der Waals surface area contributed by atoms with Gasteiger partial charge >= 0.3 is 0 Å². The van der Waals surface area contributed by atoms with Gasteiger partial charge in [0.2, 0.25) is 0 Å². The van der Waals surface area contributed by atoms with Crippen LogP contribution in [0.4, 0.5) is 0 Å². The lowest BCUT2D eigenvalue weighted by Gasteiger charge is -2.26. The molecule has 2 aliphatic rings. The molecule has 1 unspecified atom stereocenters. The molecule has 0 amide bonds. The Labute approximate surface area is 94.4 Å². The van der Waals surface area contributed by atoms with Crippen LogP contribution in [0.2, 0.25) is 0 Å². The molecule has 0 aromatic rings. The molecule has 0 bridgehead atoms. The second-order valence-corrected chi connectivity index (χ2v) is 5.18. The molecule has 2 fully saturated rings. The molecule has 1 aliphatic heterocycles. The van der Waals surface area contributed by atoms with Gasteiger partial charge in [-0.05, 0) is 25.8 Å². The third kappa shape index (κ3) is 3.18. The smallest absolute Gasteiger partial charge is 0.0207 e. The summed E-state index contributed by atoms with van der Waals surface area (Å²) in [4.78, 5) is 2.75. The molecule has 1 aliphatic carbocycles. The molecular formula is C13H26N2. The van der Waals surface area contributed by atoms with E-state index < -0.39 is 0 Å². The summed E-state index contributed by atoms with van der Waals surface area (Å²) in [5, 5.41) is 3.59. The first-order chi connectivity index (χ1) is 7.40. The van der Waals surface area contributed by atoms with Crippen molar-refractivity contribution in [1.29, 1.82) is 0 Å². The Hall–Kier alpha value is -0.0800. The van der Waals surface area contributed by atoms with Crippen LogP contribution in [0.3, 0.4) is 0 Å². The summed E-state index contributed by atoms with van der Waals surface area (Å²) >= 11 is 0. The van der Waals surface area contributed by atoms with Crippen molar-refractivity contribution in [2.24, 2.45) is 0 Å². The van der Waals surface area contributed by atoms with E-state index in [-0.39, 0.29) is 0 Å². The first kappa shape index (κ1) is 11.4. The molecule has 0 aromatic heterocycles. The third-order valence-electron chi connectivity index (χ3n) is 4.05. The number of hydrogen-bond donors (Lipinski definition) is 1. The minimum atomic E-state index is 0.776. The van der Waals surface area contributed by atoms with Crippen molar-refractivity contribution >= 4 is 0 Å². The SMILES string of the molecule is CCNC1CCN(C2CCCCCC2)C1. The first-order valence-electron chi connectivity index (χ1n) is 6.87. The molecule has 0 radical (unpaired) electrons. The van der Waals surface area contributed by atoms with E-state index in [0.29, 0.717) is 0 Å². The molecule has 88 valence electrons. The summed E-state index contributed by atoms with van der Waals surface area (Å²) in [5.41, 5.74) is 0. The lowest BCUT2D eigenvalue weighted by atomic mass is 10.1. The second-order valence-electron chi connectivity index (χ2n) is 5.18. The number of hydrogen-bond acceptors (Lipinski definition) is 2. The topological polar surface area (TPSA) is 15.3 Å². The van der Waals surface area contributed by atoms with Crippen molar-refractivity contribution < 1.29 is 0 Å². The standard InChI is InChI=1S/C13H26N2/c1-2-14-12-9-10-15(11-12)13-7-5-3-4-6-8-13/h12-14H,2-11H2,1H3. The average molecular weight is 210 g/mol. The highest BCUT2D eigenvalue weighted by Crippen LogP contribution is 2.24. The van der Waals surface area contributed by atoms with Gasteiger partial charge in [0.15, 0.2) is 0 Å². The van der Waals surface area contributed by atoms with E-state index in [1.807, 2.05) is 0 Å². The predicted molar refractivity (Wildman–Crippen MR) is 65.1 cm³/mol. The van der Waals surface area contributed by atoms with Crippen molar-refractivity contribution in [3.8, 4) is 0 Å². The van der Waals surface area contributed by atoms with E-state index in [1.54, 1.807) is 0 Å². The second kappa shape index (κ2) is 5.86. The van der Waals surface area contributed by atoms with Crippen LogP contribution in [0.5, 0.6) is 0 Å². The molecule has 1 atom stereocenters. The van der Waals surface area contributed by atoms with Gasteiger partial charge in [-0.15, -0.1) is 0 Å². The molecule has 15 heavy (non-hydrogen) atoms. The molecule has 0 aromatic carbocycles. The van der Waals surface area contributed by atoms with Gasteiger partial charge < -0.3 is 5.32 Å². The molecule has 1 saturated heterocycles. The summed E-state index contributed by atoms with van der Waals surface area (Å²) in [7, 11) is 0. The highest BCUT2D eigenvalue weighted by Gasteiger charge is 2.27. The fourth-order valence-electron chi connectivity index (χ4n) is 3.20. The van der Waals surface area contributed by atoms with Crippen LogP contribution >= 0.6 is 0 Å². The Morgan fingerprint density at radius 3 is 2.47 bits per heavy atom. The fraction of sp³-hybridized carbons (Fsp3) is 1.00. The van der Waals surface area contributed by atoms with Gasteiger partial charge in [-0.3, -0.25) is 4.90 Å². The molecular weight excluding hydrogens is 184 g/mol. The molecule has 1 N–H and O–H groups in total. The number of nitrogens with one attached hydrogen (secondary N) is 1. The number of nitrogens with zero attached hydrogens (tertiary/aromatic N) is 1. The van der Waals surface area contributed by atoms with Crippen molar-refractivity contribution in [3.63, 3.8) is 0 Å². The van der Waals surface area contributed by atoms with Gasteiger partial charge in [0.1, 0.15) is 0 Å². The van der Waals surface area contributed by atoms with E-state index >= 15 is 0 Å². The highest BCUT2D eigenvalue weighted by molar-refractivity contribution is 4.85. The zero-order valence-corrected chi connectivity index (χ0v) is 10.2. The molecule has 1 saturated carbocycles. The van der Waals surface area contributed by atoms with E-state index in [4.69, 9.17) is 0 Å². The summed E-state index contributed by atoms with van der Waals surface area (Å²) in [6.07, 6.45) is 10.2. The van der Waals surface area contributed by atoms with Crippen molar-refractivity contribution in [2.45, 2.75) is 64.0 Å². The summed E-state index contributed by atoms with van der Waals surface area (Å²) in [6.45, 7) is 5.98. The molecule has 2 rings (SSSR count). The van der Waals surface area contributed by atoms with E-state index in [2.05, 4.69) is 17.1 Å². The third-order valence-corrected chi connectivity index (χ3v) is 4.05. The Balaban J connectivity index is 1.78. The summed E-state index contributed by atoms with van der Waals surface area (Å²) < 4.78 is 0. The zero-order chi connectivity index (χ0) is 10.5. The van der Waals surface area contributed by atoms with Crippen LogP contribution in [0.1, 0.15) is 51.9 Å². The fourth-order valence-corrected chi connectivity index (χ4v) is 3.20. The monoisotopic (exact) mass is 210 g/mol. The minimum absolute atomic E-state index is 0.776. The maximum Gasteiger partial charge on any atom is 0.0207 e. The summed E-state index contributed by atoms with van der Waals surface area (Å²) in [6, 6.07) is 1.69. The van der Waals surface area contributed by atoms with E-state index in [0.717, 1.165) is 18.6 Å². The van der Waals surface area contributed by atoms with Gasteiger partial charge in [0.05, 0.1) is 0 Å². The van der Waals surface area contributed by atoms with Crippen molar-refractivity contribution in [2.75, 3.05) is 19.6 Å². The number of rotatable bonds is 3. The van der Waals surface area contributed by atoms with Gasteiger partial charge in [0, 0.05) is 25.2 Å². The van der Waals surface area contributed by atoms with Crippen LogP contribution in [-0.4, -0.2) is 36.6 Å².